The van der Waals surface area contributed by atoms with Crippen LogP contribution in [0.2, 0.25) is 0 Å². The van der Waals surface area contributed by atoms with Crippen molar-refractivity contribution in [3.05, 3.63) is 29.8 Å². The zero-order valence-corrected chi connectivity index (χ0v) is 15.3. The first-order valence-corrected chi connectivity index (χ1v) is 9.70. The molecule has 0 spiro atoms. The van der Waals surface area contributed by atoms with Crippen molar-refractivity contribution >= 4 is 11.6 Å². The third kappa shape index (κ3) is 3.40. The summed E-state index contributed by atoms with van der Waals surface area (Å²) < 4.78 is 0. The van der Waals surface area contributed by atoms with E-state index in [1.54, 1.807) is 0 Å². The Hall–Kier alpha value is -1.59. The summed E-state index contributed by atoms with van der Waals surface area (Å²) in [6.07, 6.45) is 4.03. The van der Waals surface area contributed by atoms with E-state index in [1.165, 1.54) is 17.7 Å². The number of nitrogens with two attached hydrogens (primary N) is 1. The SMILES string of the molecule is Cc1ccccc1N1CCN(C2CCCN(C(=O)C3(N)CC3)C2)CC1. The molecule has 1 saturated carbocycles. The highest BCUT2D eigenvalue weighted by Gasteiger charge is 2.49. The smallest absolute Gasteiger partial charge is 0.242 e. The van der Waals surface area contributed by atoms with Crippen LogP contribution in [0.15, 0.2) is 24.3 Å². The fraction of sp³-hybridized carbons (Fsp3) is 0.650. The highest BCUT2D eigenvalue weighted by atomic mass is 16.2. The van der Waals surface area contributed by atoms with Gasteiger partial charge in [-0.2, -0.15) is 0 Å². The summed E-state index contributed by atoms with van der Waals surface area (Å²) in [5.41, 5.74) is 8.32. The Morgan fingerprint density at radius 1 is 1.12 bits per heavy atom. The molecule has 1 aromatic carbocycles. The van der Waals surface area contributed by atoms with Gasteiger partial charge in [-0.3, -0.25) is 9.69 Å². The second-order valence-corrected chi connectivity index (χ2v) is 8.01. The summed E-state index contributed by atoms with van der Waals surface area (Å²) in [4.78, 5) is 19.7. The number of carbonyl (C=O) groups is 1. The van der Waals surface area contributed by atoms with Crippen LogP contribution in [0, 0.1) is 6.92 Å². The molecule has 5 nitrogen and oxygen atoms in total. The Bertz CT molecular complexity index is 634. The molecule has 2 heterocycles. The number of piperazine rings is 1. The topological polar surface area (TPSA) is 52.8 Å². The molecule has 1 aromatic rings. The molecule has 1 unspecified atom stereocenters. The predicted molar refractivity (Wildman–Crippen MR) is 101 cm³/mol. The molecule has 1 atom stereocenters. The molecule has 2 N–H and O–H groups in total. The van der Waals surface area contributed by atoms with Crippen LogP contribution < -0.4 is 10.6 Å². The first-order chi connectivity index (χ1) is 12.1. The van der Waals surface area contributed by atoms with Gasteiger partial charge in [0.15, 0.2) is 0 Å². The number of para-hydroxylation sites is 1. The van der Waals surface area contributed by atoms with Gasteiger partial charge >= 0.3 is 0 Å². The number of hydrogen-bond donors (Lipinski definition) is 1. The van der Waals surface area contributed by atoms with Crippen molar-refractivity contribution in [3.8, 4) is 0 Å². The van der Waals surface area contributed by atoms with E-state index in [1.807, 2.05) is 4.90 Å². The Kier molecular flexibility index (Phi) is 4.46. The Morgan fingerprint density at radius 2 is 1.84 bits per heavy atom. The van der Waals surface area contributed by atoms with E-state index < -0.39 is 5.54 Å². The van der Waals surface area contributed by atoms with Crippen LogP contribution in [0.3, 0.4) is 0 Å². The number of amides is 1. The zero-order valence-electron chi connectivity index (χ0n) is 15.3. The molecule has 1 aliphatic carbocycles. The van der Waals surface area contributed by atoms with Gasteiger partial charge in [-0.1, -0.05) is 18.2 Å². The van der Waals surface area contributed by atoms with Crippen molar-refractivity contribution in [1.29, 1.82) is 0 Å². The molecule has 3 fully saturated rings. The van der Waals surface area contributed by atoms with Crippen molar-refractivity contribution in [2.45, 2.75) is 44.2 Å². The highest BCUT2D eigenvalue weighted by Crippen LogP contribution is 2.35. The molecular formula is C20H30N4O. The summed E-state index contributed by atoms with van der Waals surface area (Å²) in [6.45, 7) is 8.22. The summed E-state index contributed by atoms with van der Waals surface area (Å²) in [5.74, 6) is 0.191. The van der Waals surface area contributed by atoms with Crippen molar-refractivity contribution in [3.63, 3.8) is 0 Å². The van der Waals surface area contributed by atoms with Gasteiger partial charge in [0.25, 0.3) is 0 Å². The minimum atomic E-state index is -0.522. The molecule has 25 heavy (non-hydrogen) atoms. The van der Waals surface area contributed by atoms with Crippen LogP contribution in [0.5, 0.6) is 0 Å². The van der Waals surface area contributed by atoms with Crippen LogP contribution in [0.4, 0.5) is 5.69 Å². The number of piperidine rings is 1. The van der Waals surface area contributed by atoms with Crippen LogP contribution in [0.1, 0.15) is 31.2 Å². The largest absolute Gasteiger partial charge is 0.369 e. The van der Waals surface area contributed by atoms with Gasteiger partial charge in [-0.25, -0.2) is 0 Å². The Balaban J connectivity index is 1.34. The van der Waals surface area contributed by atoms with E-state index in [9.17, 15) is 4.79 Å². The summed E-state index contributed by atoms with van der Waals surface area (Å²) in [5, 5.41) is 0. The third-order valence-corrected chi connectivity index (χ3v) is 6.19. The van der Waals surface area contributed by atoms with Crippen LogP contribution in [0.25, 0.3) is 0 Å². The normalized spacial score (nSPS) is 26.6. The van der Waals surface area contributed by atoms with Crippen molar-refractivity contribution in [1.82, 2.24) is 9.80 Å². The van der Waals surface area contributed by atoms with E-state index in [0.29, 0.717) is 6.04 Å². The van der Waals surface area contributed by atoms with Gasteiger partial charge in [0, 0.05) is 51.0 Å². The molecular weight excluding hydrogens is 312 g/mol. The van der Waals surface area contributed by atoms with Crippen LogP contribution in [-0.4, -0.2) is 66.6 Å². The fourth-order valence-electron chi connectivity index (χ4n) is 4.35. The van der Waals surface area contributed by atoms with Gasteiger partial charge in [-0.05, 0) is 44.2 Å². The molecule has 0 aromatic heterocycles. The molecule has 2 saturated heterocycles. The first-order valence-electron chi connectivity index (χ1n) is 9.70. The monoisotopic (exact) mass is 342 g/mol. The minimum Gasteiger partial charge on any atom is -0.369 e. The average molecular weight is 342 g/mol. The lowest BCUT2D eigenvalue weighted by Gasteiger charge is -2.44. The van der Waals surface area contributed by atoms with Gasteiger partial charge in [0.1, 0.15) is 0 Å². The molecule has 2 aliphatic heterocycles. The lowest BCUT2D eigenvalue weighted by atomic mass is 10.0. The predicted octanol–water partition coefficient (Wildman–Crippen LogP) is 1.60. The van der Waals surface area contributed by atoms with E-state index >= 15 is 0 Å². The minimum absolute atomic E-state index is 0.191. The molecule has 0 radical (unpaired) electrons. The summed E-state index contributed by atoms with van der Waals surface area (Å²) in [6, 6.07) is 9.14. The summed E-state index contributed by atoms with van der Waals surface area (Å²) >= 11 is 0. The number of nitrogens with zero attached hydrogens (tertiary/aromatic N) is 3. The van der Waals surface area contributed by atoms with Gasteiger partial charge in [0.05, 0.1) is 5.54 Å². The maximum absolute atomic E-state index is 12.6. The lowest BCUT2D eigenvalue weighted by molar-refractivity contribution is -0.135. The Morgan fingerprint density at radius 3 is 2.52 bits per heavy atom. The number of benzene rings is 1. The number of aryl methyl sites for hydroxylation is 1. The molecule has 0 bridgehead atoms. The summed E-state index contributed by atoms with van der Waals surface area (Å²) in [7, 11) is 0. The molecule has 136 valence electrons. The van der Waals surface area contributed by atoms with E-state index in [2.05, 4.69) is 41.0 Å². The molecule has 4 rings (SSSR count). The second kappa shape index (κ2) is 6.61. The lowest BCUT2D eigenvalue weighted by Crippen LogP contribution is -2.58. The second-order valence-electron chi connectivity index (χ2n) is 8.01. The maximum Gasteiger partial charge on any atom is 0.242 e. The number of rotatable bonds is 3. The number of carbonyl (C=O) groups excluding carboxylic acids is 1. The number of likely N-dealkylation sites (tertiary alicyclic amines) is 1. The first kappa shape index (κ1) is 16.9. The number of anilines is 1. The van der Waals surface area contributed by atoms with Gasteiger partial charge in [-0.15, -0.1) is 0 Å². The zero-order chi connectivity index (χ0) is 17.4. The molecule has 5 heteroatoms. The van der Waals surface area contributed by atoms with Gasteiger partial charge in [0.2, 0.25) is 5.91 Å². The van der Waals surface area contributed by atoms with E-state index in [4.69, 9.17) is 5.73 Å². The van der Waals surface area contributed by atoms with Gasteiger partial charge < -0.3 is 15.5 Å². The maximum atomic E-state index is 12.6. The van der Waals surface area contributed by atoms with Crippen molar-refractivity contribution < 1.29 is 4.79 Å². The van der Waals surface area contributed by atoms with Crippen LogP contribution >= 0.6 is 0 Å². The van der Waals surface area contributed by atoms with E-state index in [0.717, 1.165) is 58.5 Å². The van der Waals surface area contributed by atoms with Crippen molar-refractivity contribution in [2.75, 3.05) is 44.2 Å². The molecule has 3 aliphatic rings. The molecule has 1 amide bonds. The Labute approximate surface area is 150 Å². The highest BCUT2D eigenvalue weighted by molar-refractivity contribution is 5.89. The fourth-order valence-corrected chi connectivity index (χ4v) is 4.35. The quantitative estimate of drug-likeness (QED) is 0.907. The van der Waals surface area contributed by atoms with Crippen molar-refractivity contribution in [2.24, 2.45) is 5.73 Å². The van der Waals surface area contributed by atoms with Crippen LogP contribution in [-0.2, 0) is 4.79 Å². The average Bonchev–Trinajstić information content (AvgIpc) is 3.40. The number of hydrogen-bond acceptors (Lipinski definition) is 4. The third-order valence-electron chi connectivity index (χ3n) is 6.19. The standard InChI is InChI=1S/C20H30N4O/c1-16-5-2-3-7-18(16)23-13-11-22(12-14-23)17-6-4-10-24(15-17)19(25)20(21)8-9-20/h2-3,5,7,17H,4,6,8-15,21H2,1H3. The van der Waals surface area contributed by atoms with E-state index in [-0.39, 0.29) is 5.91 Å².